The minimum Gasteiger partial charge on any atom is -0.459 e. The number of likely N-dealkylation sites (tertiary alicyclic amines) is 1. The number of hydrogen-bond acceptors (Lipinski definition) is 5. The van der Waals surface area contributed by atoms with Crippen LogP contribution < -0.4 is 5.32 Å². The fourth-order valence-corrected chi connectivity index (χ4v) is 3.34. The van der Waals surface area contributed by atoms with Gasteiger partial charge in [-0.05, 0) is 38.7 Å². The first-order valence-electron chi connectivity index (χ1n) is 8.99. The largest absolute Gasteiger partial charge is 0.459 e. The highest BCUT2D eigenvalue weighted by atomic mass is 16.5. The smallest absolute Gasteiger partial charge is 0.287 e. The molecule has 0 radical (unpaired) electrons. The van der Waals surface area contributed by atoms with Gasteiger partial charge in [-0.3, -0.25) is 4.79 Å². The number of amides is 1. The van der Waals surface area contributed by atoms with Gasteiger partial charge in [0.1, 0.15) is 0 Å². The maximum absolute atomic E-state index is 12.2. The normalized spacial score (nSPS) is 22.8. The van der Waals surface area contributed by atoms with E-state index < -0.39 is 0 Å². The molecule has 6 nitrogen and oxygen atoms in total. The summed E-state index contributed by atoms with van der Waals surface area (Å²) in [6.45, 7) is 7.17. The molecule has 0 aromatic carbocycles. The van der Waals surface area contributed by atoms with Crippen LogP contribution in [-0.2, 0) is 9.47 Å². The van der Waals surface area contributed by atoms with Crippen LogP contribution in [0.2, 0.25) is 0 Å². The van der Waals surface area contributed by atoms with Crippen LogP contribution in [0.5, 0.6) is 0 Å². The molecule has 6 heteroatoms. The van der Waals surface area contributed by atoms with Crippen LogP contribution in [0.1, 0.15) is 41.8 Å². The Morgan fingerprint density at radius 1 is 1.38 bits per heavy atom. The standard InChI is InChI=1S/C18H28N2O4/c1-14-6-11-24-17(14)18(21)19-15-4-7-20(8-5-15)9-12-22-13-16-3-2-10-23-16/h6,11,15-16H,2-5,7-10,12-13H2,1H3,(H,19,21)/t16-/m1/s1. The molecule has 1 aromatic rings. The van der Waals surface area contributed by atoms with Crippen LogP contribution in [0, 0.1) is 6.92 Å². The van der Waals surface area contributed by atoms with Crippen molar-refractivity contribution in [3.63, 3.8) is 0 Å². The highest BCUT2D eigenvalue weighted by molar-refractivity contribution is 5.92. The van der Waals surface area contributed by atoms with Gasteiger partial charge in [0.15, 0.2) is 5.76 Å². The Bertz CT molecular complexity index is 517. The fourth-order valence-electron chi connectivity index (χ4n) is 3.34. The van der Waals surface area contributed by atoms with Crippen LogP contribution in [0.4, 0.5) is 0 Å². The van der Waals surface area contributed by atoms with Gasteiger partial charge in [0.2, 0.25) is 0 Å². The van der Waals surface area contributed by atoms with Crippen molar-refractivity contribution in [1.82, 2.24) is 10.2 Å². The topological polar surface area (TPSA) is 63.9 Å². The molecule has 0 saturated carbocycles. The molecule has 0 unspecified atom stereocenters. The van der Waals surface area contributed by atoms with Gasteiger partial charge < -0.3 is 24.1 Å². The van der Waals surface area contributed by atoms with Crippen LogP contribution >= 0.6 is 0 Å². The van der Waals surface area contributed by atoms with Crippen molar-refractivity contribution in [2.24, 2.45) is 0 Å². The van der Waals surface area contributed by atoms with Crippen molar-refractivity contribution in [2.45, 2.75) is 44.8 Å². The summed E-state index contributed by atoms with van der Waals surface area (Å²) in [6.07, 6.45) is 6.08. The molecule has 2 saturated heterocycles. The molecule has 1 atom stereocenters. The lowest BCUT2D eigenvalue weighted by Gasteiger charge is -2.32. The predicted octanol–water partition coefficient (Wildman–Crippen LogP) is 1.98. The second-order valence-electron chi connectivity index (χ2n) is 6.73. The lowest BCUT2D eigenvalue weighted by atomic mass is 10.0. The molecule has 134 valence electrons. The number of nitrogens with one attached hydrogen (secondary N) is 1. The van der Waals surface area contributed by atoms with Gasteiger partial charge in [-0.25, -0.2) is 0 Å². The van der Waals surface area contributed by atoms with E-state index in [2.05, 4.69) is 10.2 Å². The third kappa shape index (κ3) is 4.82. The molecule has 0 spiro atoms. The van der Waals surface area contributed by atoms with E-state index >= 15 is 0 Å². The maximum atomic E-state index is 12.2. The molecule has 3 heterocycles. The Balaban J connectivity index is 1.29. The van der Waals surface area contributed by atoms with Gasteiger partial charge in [0.05, 0.1) is 25.6 Å². The Kier molecular flexibility index (Phi) is 6.29. The van der Waals surface area contributed by atoms with Crippen LogP contribution in [-0.4, -0.2) is 62.4 Å². The van der Waals surface area contributed by atoms with E-state index in [1.165, 1.54) is 0 Å². The maximum Gasteiger partial charge on any atom is 0.287 e. The van der Waals surface area contributed by atoms with Gasteiger partial charge in [0, 0.05) is 37.8 Å². The van der Waals surface area contributed by atoms with E-state index in [1.54, 1.807) is 6.26 Å². The van der Waals surface area contributed by atoms with E-state index in [1.807, 2.05) is 13.0 Å². The van der Waals surface area contributed by atoms with Crippen LogP contribution in [0.15, 0.2) is 16.7 Å². The second-order valence-corrected chi connectivity index (χ2v) is 6.73. The van der Waals surface area contributed by atoms with Gasteiger partial charge >= 0.3 is 0 Å². The number of carbonyl (C=O) groups is 1. The Morgan fingerprint density at radius 2 is 2.21 bits per heavy atom. The number of aryl methyl sites for hydroxylation is 1. The van der Waals surface area contributed by atoms with Crippen molar-refractivity contribution in [2.75, 3.05) is 39.5 Å². The van der Waals surface area contributed by atoms with E-state index in [4.69, 9.17) is 13.9 Å². The first kappa shape index (κ1) is 17.5. The van der Waals surface area contributed by atoms with E-state index in [9.17, 15) is 4.79 Å². The second kappa shape index (κ2) is 8.65. The molecular weight excluding hydrogens is 308 g/mol. The summed E-state index contributed by atoms with van der Waals surface area (Å²) in [5.41, 5.74) is 0.883. The van der Waals surface area contributed by atoms with E-state index in [-0.39, 0.29) is 11.9 Å². The number of hydrogen-bond donors (Lipinski definition) is 1. The SMILES string of the molecule is Cc1ccoc1C(=O)NC1CCN(CCOC[C@H]2CCCO2)CC1. The highest BCUT2D eigenvalue weighted by Crippen LogP contribution is 2.14. The molecule has 2 fully saturated rings. The molecule has 1 amide bonds. The zero-order valence-corrected chi connectivity index (χ0v) is 14.5. The molecule has 1 aromatic heterocycles. The van der Waals surface area contributed by atoms with Crippen LogP contribution in [0.25, 0.3) is 0 Å². The van der Waals surface area contributed by atoms with Crippen molar-refractivity contribution in [3.05, 3.63) is 23.7 Å². The van der Waals surface area contributed by atoms with Gasteiger partial charge in [-0.2, -0.15) is 0 Å². The van der Waals surface area contributed by atoms with Crippen molar-refractivity contribution < 1.29 is 18.7 Å². The minimum absolute atomic E-state index is 0.101. The molecule has 3 rings (SSSR count). The highest BCUT2D eigenvalue weighted by Gasteiger charge is 2.23. The molecule has 24 heavy (non-hydrogen) atoms. The molecular formula is C18H28N2O4. The Labute approximate surface area is 143 Å². The molecule has 2 aliphatic heterocycles. The summed E-state index contributed by atoms with van der Waals surface area (Å²) in [5, 5.41) is 3.08. The number of furan rings is 1. The monoisotopic (exact) mass is 336 g/mol. The number of rotatable bonds is 7. The summed E-state index contributed by atoms with van der Waals surface area (Å²) >= 11 is 0. The Hall–Kier alpha value is -1.37. The summed E-state index contributed by atoms with van der Waals surface area (Å²) in [4.78, 5) is 14.6. The lowest BCUT2D eigenvalue weighted by molar-refractivity contribution is 0.00854. The molecule has 2 aliphatic rings. The summed E-state index contributed by atoms with van der Waals surface area (Å²) in [6, 6.07) is 2.04. The molecule has 1 N–H and O–H groups in total. The number of nitrogens with zero attached hydrogens (tertiary/aromatic N) is 1. The van der Waals surface area contributed by atoms with E-state index in [0.29, 0.717) is 11.9 Å². The molecule has 0 bridgehead atoms. The van der Waals surface area contributed by atoms with Crippen molar-refractivity contribution in [1.29, 1.82) is 0 Å². The average molecular weight is 336 g/mol. The fraction of sp³-hybridized carbons (Fsp3) is 0.722. The lowest BCUT2D eigenvalue weighted by Crippen LogP contribution is -2.45. The third-order valence-corrected chi connectivity index (χ3v) is 4.87. The zero-order valence-electron chi connectivity index (χ0n) is 14.5. The summed E-state index contributed by atoms with van der Waals surface area (Å²) in [7, 11) is 0. The van der Waals surface area contributed by atoms with Gasteiger partial charge in [-0.15, -0.1) is 0 Å². The summed E-state index contributed by atoms with van der Waals surface area (Å²) < 4.78 is 16.5. The first-order chi connectivity index (χ1) is 11.7. The van der Waals surface area contributed by atoms with Gasteiger partial charge in [-0.1, -0.05) is 0 Å². The molecule has 0 aliphatic carbocycles. The van der Waals surface area contributed by atoms with Crippen molar-refractivity contribution in [3.8, 4) is 0 Å². The average Bonchev–Trinajstić information content (AvgIpc) is 3.24. The minimum atomic E-state index is -0.101. The predicted molar refractivity (Wildman–Crippen MR) is 90.2 cm³/mol. The quantitative estimate of drug-likeness (QED) is 0.772. The van der Waals surface area contributed by atoms with Crippen molar-refractivity contribution >= 4 is 5.91 Å². The number of ether oxygens (including phenoxy) is 2. The Morgan fingerprint density at radius 3 is 2.88 bits per heavy atom. The van der Waals surface area contributed by atoms with E-state index in [0.717, 1.165) is 70.7 Å². The van der Waals surface area contributed by atoms with Crippen LogP contribution in [0.3, 0.4) is 0 Å². The first-order valence-corrected chi connectivity index (χ1v) is 8.99. The number of carbonyl (C=O) groups excluding carboxylic acids is 1. The van der Waals surface area contributed by atoms with Gasteiger partial charge in [0.25, 0.3) is 5.91 Å². The number of piperidine rings is 1. The zero-order chi connectivity index (χ0) is 16.8. The third-order valence-electron chi connectivity index (χ3n) is 4.87. The summed E-state index contributed by atoms with van der Waals surface area (Å²) in [5.74, 6) is 0.329.